The third-order valence-corrected chi connectivity index (χ3v) is 3.34. The average Bonchev–Trinajstić information content (AvgIpc) is 2.97. The minimum Gasteiger partial charge on any atom is -0.468 e. The van der Waals surface area contributed by atoms with Crippen molar-refractivity contribution in [3.8, 4) is 0 Å². The molecule has 3 heteroatoms. The molecule has 0 bridgehead atoms. The van der Waals surface area contributed by atoms with E-state index in [1.165, 1.54) is 25.9 Å². The summed E-state index contributed by atoms with van der Waals surface area (Å²) in [6.45, 7) is 8.95. The van der Waals surface area contributed by atoms with Gasteiger partial charge in [-0.1, -0.05) is 13.8 Å². The fourth-order valence-electron chi connectivity index (χ4n) is 2.45. The lowest BCUT2D eigenvalue weighted by atomic mass is 10.1. The van der Waals surface area contributed by atoms with Gasteiger partial charge in [0.15, 0.2) is 0 Å². The van der Waals surface area contributed by atoms with Crippen LogP contribution in [0, 0.1) is 5.92 Å². The van der Waals surface area contributed by atoms with Gasteiger partial charge in [0.2, 0.25) is 0 Å². The average molecular weight is 236 g/mol. The number of nitrogens with zero attached hydrogens (tertiary/aromatic N) is 1. The Morgan fingerprint density at radius 3 is 2.65 bits per heavy atom. The van der Waals surface area contributed by atoms with Crippen molar-refractivity contribution in [3.05, 3.63) is 24.2 Å². The van der Waals surface area contributed by atoms with Gasteiger partial charge in [-0.25, -0.2) is 0 Å². The summed E-state index contributed by atoms with van der Waals surface area (Å²) in [7, 11) is 0. The van der Waals surface area contributed by atoms with Crippen LogP contribution in [0.1, 0.15) is 38.5 Å². The summed E-state index contributed by atoms with van der Waals surface area (Å²) < 4.78 is 5.58. The van der Waals surface area contributed by atoms with Gasteiger partial charge in [-0.05, 0) is 50.5 Å². The molecule has 1 atom stereocenters. The summed E-state index contributed by atoms with van der Waals surface area (Å²) in [4.78, 5) is 2.53. The van der Waals surface area contributed by atoms with Gasteiger partial charge in [-0.2, -0.15) is 0 Å². The van der Waals surface area contributed by atoms with E-state index in [4.69, 9.17) is 4.42 Å². The Balaban J connectivity index is 1.92. The molecule has 1 unspecified atom stereocenters. The highest BCUT2D eigenvalue weighted by atomic mass is 16.3. The molecular weight excluding hydrogens is 212 g/mol. The Hall–Kier alpha value is -0.800. The second kappa shape index (κ2) is 6.22. The first-order valence-electron chi connectivity index (χ1n) is 6.75. The molecular formula is C14H24N2O. The summed E-state index contributed by atoms with van der Waals surface area (Å²) >= 11 is 0. The van der Waals surface area contributed by atoms with Gasteiger partial charge in [0.25, 0.3) is 0 Å². The molecule has 0 saturated carbocycles. The Labute approximate surface area is 104 Å². The van der Waals surface area contributed by atoms with E-state index in [1.807, 2.05) is 6.07 Å². The number of hydrogen-bond acceptors (Lipinski definition) is 3. The van der Waals surface area contributed by atoms with Crippen LogP contribution in [0.5, 0.6) is 0 Å². The fourth-order valence-corrected chi connectivity index (χ4v) is 2.45. The van der Waals surface area contributed by atoms with Gasteiger partial charge in [0.1, 0.15) is 5.76 Å². The topological polar surface area (TPSA) is 28.4 Å². The van der Waals surface area contributed by atoms with E-state index >= 15 is 0 Å². The summed E-state index contributed by atoms with van der Waals surface area (Å²) in [5, 5.41) is 3.55. The number of rotatable bonds is 6. The lowest BCUT2D eigenvalue weighted by Crippen LogP contribution is -2.35. The van der Waals surface area contributed by atoms with E-state index in [-0.39, 0.29) is 0 Å². The maximum Gasteiger partial charge on any atom is 0.122 e. The van der Waals surface area contributed by atoms with E-state index < -0.39 is 0 Å². The van der Waals surface area contributed by atoms with Crippen molar-refractivity contribution in [2.24, 2.45) is 5.92 Å². The first-order valence-corrected chi connectivity index (χ1v) is 6.75. The zero-order valence-corrected chi connectivity index (χ0v) is 11.0. The Morgan fingerprint density at radius 2 is 2.06 bits per heavy atom. The Bertz CT molecular complexity index is 302. The van der Waals surface area contributed by atoms with Gasteiger partial charge in [-0.15, -0.1) is 0 Å². The summed E-state index contributed by atoms with van der Waals surface area (Å²) in [5.41, 5.74) is 0. The van der Waals surface area contributed by atoms with Crippen LogP contribution in [0.15, 0.2) is 22.8 Å². The molecule has 0 aromatic carbocycles. The monoisotopic (exact) mass is 236 g/mol. The molecule has 0 aliphatic carbocycles. The summed E-state index contributed by atoms with van der Waals surface area (Å²) in [5.74, 6) is 1.80. The quantitative estimate of drug-likeness (QED) is 0.823. The van der Waals surface area contributed by atoms with Gasteiger partial charge in [0.05, 0.1) is 12.3 Å². The second-order valence-electron chi connectivity index (χ2n) is 5.33. The molecule has 0 spiro atoms. The molecule has 1 aliphatic rings. The van der Waals surface area contributed by atoms with E-state index in [2.05, 4.69) is 30.1 Å². The maximum atomic E-state index is 5.58. The van der Waals surface area contributed by atoms with Gasteiger partial charge in [-0.3, -0.25) is 4.90 Å². The molecule has 2 rings (SSSR count). The van der Waals surface area contributed by atoms with Crippen LogP contribution in [0.3, 0.4) is 0 Å². The molecule has 1 N–H and O–H groups in total. The third-order valence-electron chi connectivity index (χ3n) is 3.34. The molecule has 1 fully saturated rings. The fraction of sp³-hybridized carbons (Fsp3) is 0.714. The standard InChI is InChI=1S/C14H24N2O/c1-12(2)10-15-11-13(14-6-5-9-17-14)16-7-3-4-8-16/h5-6,9,12-13,15H,3-4,7-8,10-11H2,1-2H3. The maximum absolute atomic E-state index is 5.58. The van der Waals surface area contributed by atoms with Gasteiger partial charge in [0, 0.05) is 6.54 Å². The van der Waals surface area contributed by atoms with Gasteiger partial charge < -0.3 is 9.73 Å². The summed E-state index contributed by atoms with van der Waals surface area (Å²) in [6.07, 6.45) is 4.42. The van der Waals surface area contributed by atoms with Crippen LogP contribution in [0.25, 0.3) is 0 Å². The van der Waals surface area contributed by atoms with Crippen molar-refractivity contribution in [1.29, 1.82) is 0 Å². The van der Waals surface area contributed by atoms with Crippen LogP contribution in [-0.2, 0) is 0 Å². The van der Waals surface area contributed by atoms with Crippen LogP contribution < -0.4 is 5.32 Å². The van der Waals surface area contributed by atoms with Crippen LogP contribution in [-0.4, -0.2) is 31.1 Å². The largest absolute Gasteiger partial charge is 0.468 e. The van der Waals surface area contributed by atoms with Gasteiger partial charge >= 0.3 is 0 Å². The lowest BCUT2D eigenvalue weighted by molar-refractivity contribution is 0.208. The molecule has 3 nitrogen and oxygen atoms in total. The zero-order chi connectivity index (χ0) is 12.1. The van der Waals surface area contributed by atoms with Crippen LogP contribution in [0.4, 0.5) is 0 Å². The Morgan fingerprint density at radius 1 is 1.29 bits per heavy atom. The minimum atomic E-state index is 0.409. The predicted molar refractivity (Wildman–Crippen MR) is 70.0 cm³/mol. The van der Waals surface area contributed by atoms with E-state index in [0.29, 0.717) is 12.0 Å². The highest BCUT2D eigenvalue weighted by Crippen LogP contribution is 2.24. The highest BCUT2D eigenvalue weighted by molar-refractivity contribution is 5.06. The lowest BCUT2D eigenvalue weighted by Gasteiger charge is -2.26. The second-order valence-corrected chi connectivity index (χ2v) is 5.33. The number of nitrogens with one attached hydrogen (secondary N) is 1. The smallest absolute Gasteiger partial charge is 0.122 e. The van der Waals surface area contributed by atoms with E-state index in [0.717, 1.165) is 18.8 Å². The van der Waals surface area contributed by atoms with E-state index in [9.17, 15) is 0 Å². The molecule has 1 aromatic heterocycles. The van der Waals surface area contributed by atoms with E-state index in [1.54, 1.807) is 6.26 Å². The zero-order valence-electron chi connectivity index (χ0n) is 11.0. The van der Waals surface area contributed by atoms with Crippen molar-refractivity contribution < 1.29 is 4.42 Å². The molecule has 1 aromatic rings. The van der Waals surface area contributed by atoms with Crippen LogP contribution in [0.2, 0.25) is 0 Å². The molecule has 0 radical (unpaired) electrons. The molecule has 2 heterocycles. The van der Waals surface area contributed by atoms with Crippen LogP contribution >= 0.6 is 0 Å². The number of furan rings is 1. The highest BCUT2D eigenvalue weighted by Gasteiger charge is 2.24. The SMILES string of the molecule is CC(C)CNCC(c1ccco1)N1CCCC1. The van der Waals surface area contributed by atoms with Crippen molar-refractivity contribution in [1.82, 2.24) is 10.2 Å². The molecule has 96 valence electrons. The molecule has 1 saturated heterocycles. The minimum absolute atomic E-state index is 0.409. The van der Waals surface area contributed by atoms with Crippen molar-refractivity contribution in [2.75, 3.05) is 26.2 Å². The molecule has 1 aliphatic heterocycles. The number of likely N-dealkylation sites (tertiary alicyclic amines) is 1. The number of hydrogen-bond donors (Lipinski definition) is 1. The molecule has 17 heavy (non-hydrogen) atoms. The first-order chi connectivity index (χ1) is 8.27. The first kappa shape index (κ1) is 12.7. The van der Waals surface area contributed by atoms with Crippen molar-refractivity contribution in [3.63, 3.8) is 0 Å². The molecule has 0 amide bonds. The van der Waals surface area contributed by atoms with Crippen molar-refractivity contribution in [2.45, 2.75) is 32.7 Å². The summed E-state index contributed by atoms with van der Waals surface area (Å²) in [6, 6.07) is 4.49. The Kier molecular flexibility index (Phi) is 4.63. The predicted octanol–water partition coefficient (Wildman–Crippen LogP) is 2.66. The van der Waals surface area contributed by atoms with Crippen molar-refractivity contribution >= 4 is 0 Å². The normalized spacial score (nSPS) is 19.0. The third kappa shape index (κ3) is 3.58.